The Morgan fingerprint density at radius 1 is 1.16 bits per heavy atom. The third kappa shape index (κ3) is 4.44. The first kappa shape index (κ1) is 16.7. The summed E-state index contributed by atoms with van der Waals surface area (Å²) in [4.78, 5) is 12.3. The van der Waals surface area contributed by atoms with Crippen LogP contribution < -0.4 is 10.1 Å². The number of nitrogens with one attached hydrogen (secondary N) is 1. The Bertz CT molecular complexity index is 831. The number of carbonyl (C=O) groups excluding carboxylic acids is 1. The molecule has 5 nitrogen and oxygen atoms in total. The van der Waals surface area contributed by atoms with Gasteiger partial charge in [0.2, 0.25) is 0 Å². The van der Waals surface area contributed by atoms with Crippen molar-refractivity contribution in [2.45, 2.75) is 19.6 Å². The van der Waals surface area contributed by atoms with Gasteiger partial charge in [-0.1, -0.05) is 30.3 Å². The van der Waals surface area contributed by atoms with Gasteiger partial charge < -0.3 is 10.1 Å². The first-order chi connectivity index (χ1) is 12.1. The van der Waals surface area contributed by atoms with Gasteiger partial charge in [-0.05, 0) is 36.8 Å². The van der Waals surface area contributed by atoms with E-state index in [0.29, 0.717) is 18.1 Å². The fraction of sp³-hybridized carbons (Fsp3) is 0.158. The van der Waals surface area contributed by atoms with Crippen LogP contribution in [0.15, 0.2) is 66.9 Å². The third-order valence-corrected chi connectivity index (χ3v) is 3.64. The number of amides is 1. The van der Waals surface area contributed by atoms with E-state index in [1.165, 1.54) is 24.3 Å². The number of ether oxygens (including phenoxy) is 1. The maximum Gasteiger partial charge on any atom is 0.266 e. The molecule has 1 amide bonds. The van der Waals surface area contributed by atoms with E-state index in [0.717, 1.165) is 5.56 Å². The van der Waals surface area contributed by atoms with Crippen molar-refractivity contribution in [1.29, 1.82) is 0 Å². The molecule has 0 saturated heterocycles. The summed E-state index contributed by atoms with van der Waals surface area (Å²) in [6.07, 6.45) is 0.898. The van der Waals surface area contributed by atoms with Gasteiger partial charge in [-0.2, -0.15) is 5.10 Å². The van der Waals surface area contributed by atoms with Crippen molar-refractivity contribution in [3.05, 3.63) is 78.2 Å². The van der Waals surface area contributed by atoms with Gasteiger partial charge in [-0.25, -0.2) is 9.07 Å². The number of carbonyl (C=O) groups is 1. The number of nitrogens with zero attached hydrogens (tertiary/aromatic N) is 2. The normalized spacial score (nSPS) is 11.8. The van der Waals surface area contributed by atoms with Crippen LogP contribution in [0.2, 0.25) is 0 Å². The predicted molar refractivity (Wildman–Crippen MR) is 92.9 cm³/mol. The largest absolute Gasteiger partial charge is 0.481 e. The highest BCUT2D eigenvalue weighted by molar-refractivity contribution is 5.93. The molecule has 0 bridgehead atoms. The molecule has 1 N–H and O–H groups in total. The van der Waals surface area contributed by atoms with Crippen molar-refractivity contribution in [2.24, 2.45) is 0 Å². The van der Waals surface area contributed by atoms with Gasteiger partial charge in [0.05, 0.1) is 12.7 Å². The first-order valence-electron chi connectivity index (χ1n) is 7.90. The lowest BCUT2D eigenvalue weighted by Crippen LogP contribution is -2.31. The molecule has 6 heteroatoms. The van der Waals surface area contributed by atoms with E-state index in [1.54, 1.807) is 23.9 Å². The van der Waals surface area contributed by atoms with Crippen LogP contribution in [0.25, 0.3) is 0 Å². The Balaban J connectivity index is 1.63. The number of hydrogen-bond acceptors (Lipinski definition) is 3. The zero-order chi connectivity index (χ0) is 17.6. The zero-order valence-corrected chi connectivity index (χ0v) is 13.7. The van der Waals surface area contributed by atoms with Crippen molar-refractivity contribution in [1.82, 2.24) is 9.78 Å². The quantitative estimate of drug-likeness (QED) is 0.748. The Morgan fingerprint density at radius 2 is 1.88 bits per heavy atom. The minimum Gasteiger partial charge on any atom is -0.481 e. The van der Waals surface area contributed by atoms with Crippen LogP contribution in [0.5, 0.6) is 5.75 Å². The summed E-state index contributed by atoms with van der Waals surface area (Å²) < 4.78 is 20.1. The molecule has 3 rings (SSSR count). The third-order valence-electron chi connectivity index (χ3n) is 3.64. The van der Waals surface area contributed by atoms with E-state index >= 15 is 0 Å². The molecule has 0 saturated carbocycles. The monoisotopic (exact) mass is 339 g/mol. The molecule has 0 aliphatic carbocycles. The summed E-state index contributed by atoms with van der Waals surface area (Å²) in [5, 5.41) is 7.04. The molecule has 0 fully saturated rings. The fourth-order valence-electron chi connectivity index (χ4n) is 2.32. The van der Waals surface area contributed by atoms with E-state index in [9.17, 15) is 9.18 Å². The topological polar surface area (TPSA) is 56.1 Å². The highest BCUT2D eigenvalue weighted by atomic mass is 19.1. The molecule has 0 radical (unpaired) electrons. The summed E-state index contributed by atoms with van der Waals surface area (Å²) in [5.41, 5.74) is 1.08. The van der Waals surface area contributed by atoms with E-state index in [-0.39, 0.29) is 11.7 Å². The van der Waals surface area contributed by atoms with Crippen molar-refractivity contribution in [3.8, 4) is 5.75 Å². The maximum absolute atomic E-state index is 12.9. The maximum atomic E-state index is 12.9. The Morgan fingerprint density at radius 3 is 2.60 bits per heavy atom. The molecule has 2 aromatic carbocycles. The van der Waals surface area contributed by atoms with Crippen molar-refractivity contribution in [2.75, 3.05) is 5.32 Å². The number of aromatic nitrogens is 2. The van der Waals surface area contributed by atoms with Crippen molar-refractivity contribution >= 4 is 11.7 Å². The number of rotatable bonds is 6. The highest BCUT2D eigenvalue weighted by Gasteiger charge is 2.17. The molecule has 3 aromatic rings. The SMILES string of the molecule is C[C@@H](Oc1ccc(F)cc1)C(=O)Nc1ccnn1Cc1ccccc1. The van der Waals surface area contributed by atoms with Gasteiger partial charge in [0.25, 0.3) is 5.91 Å². The molecule has 1 heterocycles. The Labute approximate surface area is 145 Å². The molecule has 0 aliphatic rings. The van der Waals surface area contributed by atoms with Gasteiger partial charge >= 0.3 is 0 Å². The predicted octanol–water partition coefficient (Wildman–Crippen LogP) is 3.48. The van der Waals surface area contributed by atoms with Crippen LogP contribution in [-0.2, 0) is 11.3 Å². The van der Waals surface area contributed by atoms with Gasteiger partial charge in [-0.15, -0.1) is 0 Å². The standard InChI is InChI=1S/C19H18FN3O2/c1-14(25-17-9-7-16(20)8-10-17)19(24)22-18-11-12-21-23(18)13-15-5-3-2-4-6-15/h2-12,14H,13H2,1H3,(H,22,24)/t14-/m1/s1. The lowest BCUT2D eigenvalue weighted by molar-refractivity contribution is -0.122. The number of halogens is 1. The molecule has 128 valence electrons. The molecule has 25 heavy (non-hydrogen) atoms. The number of hydrogen-bond donors (Lipinski definition) is 1. The minimum absolute atomic E-state index is 0.306. The molecular formula is C19H18FN3O2. The van der Waals surface area contributed by atoms with Gasteiger partial charge in [0.15, 0.2) is 6.10 Å². The van der Waals surface area contributed by atoms with Crippen LogP contribution in [0.4, 0.5) is 10.2 Å². The second kappa shape index (κ2) is 7.61. The molecule has 0 spiro atoms. The smallest absolute Gasteiger partial charge is 0.266 e. The number of benzene rings is 2. The van der Waals surface area contributed by atoms with Crippen LogP contribution in [0, 0.1) is 5.82 Å². The van der Waals surface area contributed by atoms with Gasteiger partial charge in [0.1, 0.15) is 17.4 Å². The molecule has 0 unspecified atom stereocenters. The van der Waals surface area contributed by atoms with E-state index in [4.69, 9.17) is 4.74 Å². The lowest BCUT2D eigenvalue weighted by Gasteiger charge is -2.15. The van der Waals surface area contributed by atoms with Gasteiger partial charge in [-0.3, -0.25) is 4.79 Å². The summed E-state index contributed by atoms with van der Waals surface area (Å²) in [6.45, 7) is 2.19. The molecular weight excluding hydrogens is 321 g/mol. The molecule has 1 atom stereocenters. The molecule has 1 aromatic heterocycles. The zero-order valence-electron chi connectivity index (χ0n) is 13.7. The summed E-state index contributed by atoms with van der Waals surface area (Å²) >= 11 is 0. The lowest BCUT2D eigenvalue weighted by atomic mass is 10.2. The second-order valence-electron chi connectivity index (χ2n) is 5.56. The van der Waals surface area contributed by atoms with E-state index in [1.807, 2.05) is 30.3 Å². The van der Waals surface area contributed by atoms with E-state index in [2.05, 4.69) is 10.4 Å². The summed E-state index contributed by atoms with van der Waals surface area (Å²) in [7, 11) is 0. The second-order valence-corrected chi connectivity index (χ2v) is 5.56. The Kier molecular flexibility index (Phi) is 5.09. The summed E-state index contributed by atoms with van der Waals surface area (Å²) in [6, 6.07) is 17.1. The van der Waals surface area contributed by atoms with Crippen molar-refractivity contribution in [3.63, 3.8) is 0 Å². The average molecular weight is 339 g/mol. The van der Waals surface area contributed by atoms with E-state index < -0.39 is 6.10 Å². The van der Waals surface area contributed by atoms with Crippen LogP contribution in [-0.4, -0.2) is 21.8 Å². The number of anilines is 1. The van der Waals surface area contributed by atoms with Crippen LogP contribution in [0.1, 0.15) is 12.5 Å². The molecule has 0 aliphatic heterocycles. The average Bonchev–Trinajstić information content (AvgIpc) is 3.04. The van der Waals surface area contributed by atoms with Crippen molar-refractivity contribution < 1.29 is 13.9 Å². The first-order valence-corrected chi connectivity index (χ1v) is 7.90. The summed E-state index contributed by atoms with van der Waals surface area (Å²) in [5.74, 6) is 0.360. The highest BCUT2D eigenvalue weighted by Crippen LogP contribution is 2.15. The minimum atomic E-state index is -0.731. The van der Waals surface area contributed by atoms with Crippen LogP contribution >= 0.6 is 0 Å². The Hall–Kier alpha value is -3.15. The van der Waals surface area contributed by atoms with Gasteiger partial charge in [0, 0.05) is 6.07 Å². The van der Waals surface area contributed by atoms with Crippen LogP contribution in [0.3, 0.4) is 0 Å². The fourth-order valence-corrected chi connectivity index (χ4v) is 2.32.